The van der Waals surface area contributed by atoms with Gasteiger partial charge in [-0.15, -0.1) is 0 Å². The molecule has 1 aromatic rings. The van der Waals surface area contributed by atoms with Crippen LogP contribution in [-0.2, 0) is 9.53 Å². The van der Waals surface area contributed by atoms with Crippen molar-refractivity contribution in [1.82, 2.24) is 15.5 Å². The number of carbonyl (C=O) groups excluding carboxylic acids is 2. The van der Waals surface area contributed by atoms with Gasteiger partial charge in [0.15, 0.2) is 0 Å². The van der Waals surface area contributed by atoms with E-state index in [1.807, 2.05) is 0 Å². The lowest BCUT2D eigenvalue weighted by Crippen LogP contribution is -2.50. The molecule has 1 aromatic carbocycles. The molecule has 2 aliphatic rings. The Morgan fingerprint density at radius 3 is 2.50 bits per heavy atom. The summed E-state index contributed by atoms with van der Waals surface area (Å²) in [6.07, 6.45) is 0. The Kier molecular flexibility index (Phi) is 4.48. The zero-order valence-electron chi connectivity index (χ0n) is 13.1. The molecule has 0 bridgehead atoms. The van der Waals surface area contributed by atoms with Gasteiger partial charge < -0.3 is 20.3 Å². The summed E-state index contributed by atoms with van der Waals surface area (Å²) in [7, 11) is 0. The second-order valence-corrected chi connectivity index (χ2v) is 5.61. The zero-order valence-corrected chi connectivity index (χ0v) is 13.1. The summed E-state index contributed by atoms with van der Waals surface area (Å²) in [5, 5.41) is 4.94. The summed E-state index contributed by atoms with van der Waals surface area (Å²) in [5.41, 5.74) is 0.0618. The monoisotopic (exact) mass is 337 g/mol. The number of carbonyl (C=O) groups is 2. The molecule has 8 heteroatoms. The van der Waals surface area contributed by atoms with Crippen LogP contribution in [-0.4, -0.2) is 43.1 Å². The maximum absolute atomic E-state index is 14.2. The van der Waals surface area contributed by atoms with Crippen molar-refractivity contribution in [1.29, 1.82) is 0 Å². The Labute approximate surface area is 137 Å². The highest BCUT2D eigenvalue weighted by Gasteiger charge is 2.36. The molecule has 1 fully saturated rings. The fourth-order valence-electron chi connectivity index (χ4n) is 2.92. The SMILES string of the molecule is CC1=C(C(=O)N2CCOCC2)[C@@H](c2c(F)cccc2F)NC(=O)N1. The van der Waals surface area contributed by atoms with Crippen molar-refractivity contribution >= 4 is 11.9 Å². The van der Waals surface area contributed by atoms with E-state index in [9.17, 15) is 18.4 Å². The molecule has 0 unspecified atom stereocenters. The van der Waals surface area contributed by atoms with Gasteiger partial charge in [0.2, 0.25) is 0 Å². The predicted octanol–water partition coefficient (Wildman–Crippen LogP) is 1.45. The molecular weight excluding hydrogens is 320 g/mol. The normalized spacial score (nSPS) is 21.4. The van der Waals surface area contributed by atoms with Crippen LogP contribution in [0.3, 0.4) is 0 Å². The molecule has 3 rings (SSSR count). The van der Waals surface area contributed by atoms with Crippen LogP contribution in [0, 0.1) is 11.6 Å². The van der Waals surface area contributed by atoms with Gasteiger partial charge >= 0.3 is 6.03 Å². The first kappa shape index (κ1) is 16.4. The third-order valence-corrected chi connectivity index (χ3v) is 4.09. The van der Waals surface area contributed by atoms with E-state index in [4.69, 9.17) is 4.74 Å². The maximum atomic E-state index is 14.2. The van der Waals surface area contributed by atoms with Crippen LogP contribution in [0.2, 0.25) is 0 Å². The van der Waals surface area contributed by atoms with Crippen LogP contribution < -0.4 is 10.6 Å². The Morgan fingerprint density at radius 2 is 1.88 bits per heavy atom. The lowest BCUT2D eigenvalue weighted by Gasteiger charge is -2.34. The minimum atomic E-state index is -1.18. The molecule has 0 spiro atoms. The molecule has 1 atom stereocenters. The first-order valence-electron chi connectivity index (χ1n) is 7.58. The number of urea groups is 1. The first-order valence-corrected chi connectivity index (χ1v) is 7.58. The molecule has 128 valence electrons. The molecule has 2 N–H and O–H groups in total. The molecule has 0 aromatic heterocycles. The van der Waals surface area contributed by atoms with Crippen LogP contribution in [0.5, 0.6) is 0 Å². The topological polar surface area (TPSA) is 70.7 Å². The summed E-state index contributed by atoms with van der Waals surface area (Å²) in [6, 6.07) is 1.63. The van der Waals surface area contributed by atoms with Gasteiger partial charge in [0, 0.05) is 18.8 Å². The maximum Gasteiger partial charge on any atom is 0.319 e. The van der Waals surface area contributed by atoms with Crippen LogP contribution in [0.4, 0.5) is 13.6 Å². The van der Waals surface area contributed by atoms with Gasteiger partial charge in [-0.2, -0.15) is 0 Å². The third kappa shape index (κ3) is 2.96. The number of morpholine rings is 1. The molecule has 0 saturated carbocycles. The largest absolute Gasteiger partial charge is 0.378 e. The second-order valence-electron chi connectivity index (χ2n) is 5.61. The van der Waals surface area contributed by atoms with Crippen molar-refractivity contribution in [2.75, 3.05) is 26.3 Å². The van der Waals surface area contributed by atoms with Gasteiger partial charge in [0.1, 0.15) is 11.6 Å². The zero-order chi connectivity index (χ0) is 17.3. The van der Waals surface area contributed by atoms with Gasteiger partial charge in [-0.1, -0.05) is 6.07 Å². The van der Waals surface area contributed by atoms with E-state index in [-0.39, 0.29) is 22.7 Å². The summed E-state index contributed by atoms with van der Waals surface area (Å²) >= 11 is 0. The summed E-state index contributed by atoms with van der Waals surface area (Å²) in [4.78, 5) is 26.2. The lowest BCUT2D eigenvalue weighted by molar-refractivity contribution is -0.131. The highest BCUT2D eigenvalue weighted by molar-refractivity contribution is 5.98. The Balaban J connectivity index is 2.04. The highest BCUT2D eigenvalue weighted by Crippen LogP contribution is 2.31. The fourth-order valence-corrected chi connectivity index (χ4v) is 2.92. The number of hydrogen-bond acceptors (Lipinski definition) is 3. The van der Waals surface area contributed by atoms with E-state index >= 15 is 0 Å². The van der Waals surface area contributed by atoms with Crippen molar-refractivity contribution in [2.24, 2.45) is 0 Å². The van der Waals surface area contributed by atoms with Crippen LogP contribution in [0.1, 0.15) is 18.5 Å². The van der Waals surface area contributed by atoms with Crippen molar-refractivity contribution in [2.45, 2.75) is 13.0 Å². The standard InChI is InChI=1S/C16H17F2N3O3/c1-9-12(15(22)21-5-7-24-8-6-21)14(20-16(23)19-9)13-10(17)3-2-4-11(13)18/h2-4,14H,5-8H2,1H3,(H2,19,20,23)/t14-/m0/s1. The molecule has 2 heterocycles. The Morgan fingerprint density at radius 1 is 1.25 bits per heavy atom. The summed E-state index contributed by atoms with van der Waals surface area (Å²) < 4.78 is 33.6. The Hall–Kier alpha value is -2.48. The average molecular weight is 337 g/mol. The molecule has 2 aliphatic heterocycles. The number of benzene rings is 1. The van der Waals surface area contributed by atoms with E-state index in [1.165, 1.54) is 13.0 Å². The van der Waals surface area contributed by atoms with Crippen LogP contribution in [0.25, 0.3) is 0 Å². The molecule has 0 radical (unpaired) electrons. The van der Waals surface area contributed by atoms with Crippen LogP contribution >= 0.6 is 0 Å². The Bertz CT molecular complexity index is 694. The number of ether oxygens (including phenoxy) is 1. The lowest BCUT2D eigenvalue weighted by atomic mass is 9.93. The number of hydrogen-bond donors (Lipinski definition) is 2. The minimum absolute atomic E-state index is 0.125. The number of allylic oxidation sites excluding steroid dienone is 1. The third-order valence-electron chi connectivity index (χ3n) is 4.09. The van der Waals surface area contributed by atoms with Gasteiger partial charge in [0.05, 0.1) is 30.4 Å². The first-order chi connectivity index (χ1) is 11.5. The van der Waals surface area contributed by atoms with Gasteiger partial charge in [-0.25, -0.2) is 13.6 Å². The van der Waals surface area contributed by atoms with Gasteiger partial charge in [0.25, 0.3) is 5.91 Å². The molecule has 3 amide bonds. The van der Waals surface area contributed by atoms with Crippen molar-refractivity contribution < 1.29 is 23.1 Å². The predicted molar refractivity (Wildman–Crippen MR) is 80.9 cm³/mol. The van der Waals surface area contributed by atoms with Crippen molar-refractivity contribution in [3.8, 4) is 0 Å². The highest BCUT2D eigenvalue weighted by atomic mass is 19.1. The minimum Gasteiger partial charge on any atom is -0.378 e. The number of nitrogens with zero attached hydrogens (tertiary/aromatic N) is 1. The molecule has 0 aliphatic carbocycles. The van der Waals surface area contributed by atoms with E-state index in [0.717, 1.165) is 12.1 Å². The van der Waals surface area contributed by atoms with Crippen molar-refractivity contribution in [3.05, 3.63) is 46.7 Å². The van der Waals surface area contributed by atoms with E-state index in [0.29, 0.717) is 26.3 Å². The van der Waals surface area contributed by atoms with Crippen LogP contribution in [0.15, 0.2) is 29.5 Å². The van der Waals surface area contributed by atoms with E-state index < -0.39 is 23.7 Å². The second kappa shape index (κ2) is 6.56. The number of halogens is 2. The van der Waals surface area contributed by atoms with Gasteiger partial charge in [-0.3, -0.25) is 4.79 Å². The smallest absolute Gasteiger partial charge is 0.319 e. The molecule has 1 saturated heterocycles. The van der Waals surface area contributed by atoms with Gasteiger partial charge in [-0.05, 0) is 19.1 Å². The summed E-state index contributed by atoms with van der Waals surface area (Å²) in [5.74, 6) is -2.01. The van der Waals surface area contributed by atoms with E-state index in [1.54, 1.807) is 4.90 Å². The van der Waals surface area contributed by atoms with Crippen molar-refractivity contribution in [3.63, 3.8) is 0 Å². The fraction of sp³-hybridized carbons (Fsp3) is 0.375. The molecular formula is C16H17F2N3O3. The quantitative estimate of drug-likeness (QED) is 0.858. The summed E-state index contributed by atoms with van der Waals surface area (Å²) in [6.45, 7) is 3.11. The number of amides is 3. The molecule has 24 heavy (non-hydrogen) atoms. The number of nitrogens with one attached hydrogen (secondary N) is 2. The van der Waals surface area contributed by atoms with E-state index in [2.05, 4.69) is 10.6 Å². The molecule has 6 nitrogen and oxygen atoms in total. The average Bonchev–Trinajstić information content (AvgIpc) is 2.54. The number of rotatable bonds is 2.